The molecule has 0 spiro atoms. The Labute approximate surface area is 99.2 Å². The fourth-order valence-electron chi connectivity index (χ4n) is 2.59. The average Bonchev–Trinajstić information content (AvgIpc) is 2.89. The highest BCUT2D eigenvalue weighted by molar-refractivity contribution is 6.06. The van der Waals surface area contributed by atoms with Crippen molar-refractivity contribution in [2.24, 2.45) is 4.99 Å². The normalized spacial score (nSPS) is 16.9. The maximum Gasteiger partial charge on any atom is 0.211 e. The van der Waals surface area contributed by atoms with Crippen molar-refractivity contribution in [1.82, 2.24) is 9.55 Å². The Morgan fingerprint density at radius 1 is 1.18 bits per heavy atom. The predicted octanol–water partition coefficient (Wildman–Crippen LogP) is 1.98. The second-order valence-corrected chi connectivity index (χ2v) is 4.32. The maximum atomic E-state index is 4.63. The lowest BCUT2D eigenvalue weighted by Gasteiger charge is -2.35. The van der Waals surface area contributed by atoms with Crippen LogP contribution in [0.4, 0.5) is 5.69 Å². The fraction of sp³-hybridized carbons (Fsp3) is 0.231. The van der Waals surface area contributed by atoms with Gasteiger partial charge in [0.2, 0.25) is 5.96 Å². The van der Waals surface area contributed by atoms with Crippen molar-refractivity contribution in [3.8, 4) is 11.4 Å². The first-order valence-corrected chi connectivity index (χ1v) is 5.90. The SMILES string of the molecule is c1ccc2c(c1)-c1nccn1C1=NCCCN12. The minimum absolute atomic E-state index is 0.908. The Balaban J connectivity index is 2.06. The number of hydrogen-bond donors (Lipinski definition) is 0. The molecule has 0 saturated carbocycles. The van der Waals surface area contributed by atoms with E-state index in [2.05, 4.69) is 43.7 Å². The molecule has 1 aromatic carbocycles. The Kier molecular flexibility index (Phi) is 1.69. The molecule has 2 aromatic rings. The third-order valence-corrected chi connectivity index (χ3v) is 3.33. The number of nitrogens with zero attached hydrogens (tertiary/aromatic N) is 4. The van der Waals surface area contributed by atoms with Gasteiger partial charge in [-0.05, 0) is 18.6 Å². The van der Waals surface area contributed by atoms with Gasteiger partial charge in [0.05, 0.1) is 5.69 Å². The molecule has 1 aromatic heterocycles. The molecule has 4 heteroatoms. The number of imidazole rings is 1. The zero-order valence-corrected chi connectivity index (χ0v) is 9.37. The van der Waals surface area contributed by atoms with Gasteiger partial charge in [0.1, 0.15) is 5.82 Å². The summed E-state index contributed by atoms with van der Waals surface area (Å²) in [4.78, 5) is 11.4. The summed E-state index contributed by atoms with van der Waals surface area (Å²) < 4.78 is 2.08. The molecular weight excluding hydrogens is 212 g/mol. The van der Waals surface area contributed by atoms with E-state index in [1.165, 1.54) is 11.3 Å². The minimum atomic E-state index is 0.908. The summed E-state index contributed by atoms with van der Waals surface area (Å²) in [5.41, 5.74) is 2.42. The Morgan fingerprint density at radius 2 is 2.12 bits per heavy atom. The van der Waals surface area contributed by atoms with Crippen LogP contribution in [0.3, 0.4) is 0 Å². The minimum Gasteiger partial charge on any atom is -0.311 e. The first kappa shape index (κ1) is 8.98. The van der Waals surface area contributed by atoms with Crippen molar-refractivity contribution in [1.29, 1.82) is 0 Å². The van der Waals surface area contributed by atoms with Gasteiger partial charge >= 0.3 is 0 Å². The topological polar surface area (TPSA) is 33.4 Å². The number of fused-ring (bicyclic) bond motifs is 6. The molecule has 84 valence electrons. The second-order valence-electron chi connectivity index (χ2n) is 4.32. The summed E-state index contributed by atoms with van der Waals surface area (Å²) in [7, 11) is 0. The molecule has 2 aliphatic rings. The van der Waals surface area contributed by atoms with Gasteiger partial charge in [-0.1, -0.05) is 12.1 Å². The Hall–Kier alpha value is -2.10. The van der Waals surface area contributed by atoms with Crippen LogP contribution in [0, 0.1) is 0 Å². The molecule has 0 bridgehead atoms. The van der Waals surface area contributed by atoms with Gasteiger partial charge in [0, 0.05) is 31.0 Å². The Morgan fingerprint density at radius 3 is 3.12 bits per heavy atom. The predicted molar refractivity (Wildman–Crippen MR) is 67.3 cm³/mol. The molecule has 3 heterocycles. The summed E-state index contributed by atoms with van der Waals surface area (Å²) in [6.45, 7) is 1.94. The van der Waals surface area contributed by atoms with Crippen LogP contribution in [0.25, 0.3) is 11.4 Å². The largest absolute Gasteiger partial charge is 0.311 e. The molecular formula is C13H12N4. The van der Waals surface area contributed by atoms with E-state index < -0.39 is 0 Å². The van der Waals surface area contributed by atoms with Crippen molar-refractivity contribution in [2.75, 3.05) is 18.0 Å². The van der Waals surface area contributed by atoms with Crippen molar-refractivity contribution in [2.45, 2.75) is 6.42 Å². The highest BCUT2D eigenvalue weighted by atomic mass is 15.4. The van der Waals surface area contributed by atoms with E-state index in [4.69, 9.17) is 0 Å². The molecule has 0 fully saturated rings. The number of hydrogen-bond acceptors (Lipinski definition) is 3. The summed E-state index contributed by atoms with van der Waals surface area (Å²) in [5, 5.41) is 0. The van der Waals surface area contributed by atoms with Gasteiger partial charge in [0.25, 0.3) is 0 Å². The van der Waals surface area contributed by atoms with Gasteiger partial charge in [0.15, 0.2) is 0 Å². The summed E-state index contributed by atoms with van der Waals surface area (Å²) in [5.74, 6) is 2.01. The average molecular weight is 224 g/mol. The standard InChI is InChI=1S/C13H12N4/c1-2-5-11-10(4-1)12-14-7-9-17(12)13-15-6-3-8-16(11)13/h1-2,4-5,7,9H,3,6,8H2. The molecule has 2 aliphatic heterocycles. The van der Waals surface area contributed by atoms with Crippen molar-refractivity contribution in [3.05, 3.63) is 36.7 Å². The van der Waals surface area contributed by atoms with E-state index in [1.807, 2.05) is 12.4 Å². The van der Waals surface area contributed by atoms with Crippen LogP contribution in [0.5, 0.6) is 0 Å². The number of anilines is 1. The number of benzene rings is 1. The smallest absolute Gasteiger partial charge is 0.211 e. The van der Waals surface area contributed by atoms with Crippen LogP contribution in [0.15, 0.2) is 41.7 Å². The van der Waals surface area contributed by atoms with Crippen molar-refractivity contribution >= 4 is 11.6 Å². The molecule has 0 saturated heterocycles. The first-order chi connectivity index (χ1) is 8.45. The maximum absolute atomic E-state index is 4.63. The number of rotatable bonds is 0. The molecule has 0 radical (unpaired) electrons. The first-order valence-electron chi connectivity index (χ1n) is 5.90. The van der Waals surface area contributed by atoms with Gasteiger partial charge < -0.3 is 4.90 Å². The van der Waals surface area contributed by atoms with Crippen LogP contribution < -0.4 is 4.90 Å². The van der Waals surface area contributed by atoms with E-state index in [0.29, 0.717) is 0 Å². The van der Waals surface area contributed by atoms with Crippen LogP contribution in [-0.4, -0.2) is 28.6 Å². The lowest BCUT2D eigenvalue weighted by Crippen LogP contribution is -2.42. The zero-order valence-electron chi connectivity index (χ0n) is 9.37. The quantitative estimate of drug-likeness (QED) is 0.685. The zero-order chi connectivity index (χ0) is 11.2. The van der Waals surface area contributed by atoms with E-state index in [0.717, 1.165) is 31.3 Å². The van der Waals surface area contributed by atoms with Gasteiger partial charge in [-0.15, -0.1) is 0 Å². The second kappa shape index (κ2) is 3.20. The number of para-hydroxylation sites is 1. The molecule has 4 nitrogen and oxygen atoms in total. The monoisotopic (exact) mass is 224 g/mol. The highest BCUT2D eigenvalue weighted by Crippen LogP contribution is 2.35. The lowest BCUT2D eigenvalue weighted by molar-refractivity contribution is 0.762. The summed E-state index contributed by atoms with van der Waals surface area (Å²) in [6.07, 6.45) is 4.94. The molecule has 0 N–H and O–H groups in total. The Bertz CT molecular complexity index is 611. The van der Waals surface area contributed by atoms with Gasteiger partial charge in [-0.2, -0.15) is 0 Å². The van der Waals surface area contributed by atoms with E-state index in [9.17, 15) is 0 Å². The summed E-state index contributed by atoms with van der Waals surface area (Å²) in [6, 6.07) is 8.40. The lowest BCUT2D eigenvalue weighted by atomic mass is 10.1. The third kappa shape index (κ3) is 1.12. The molecule has 0 unspecified atom stereocenters. The van der Waals surface area contributed by atoms with E-state index in [1.54, 1.807) is 0 Å². The van der Waals surface area contributed by atoms with E-state index in [-0.39, 0.29) is 0 Å². The number of aromatic nitrogens is 2. The van der Waals surface area contributed by atoms with Crippen LogP contribution in [0.2, 0.25) is 0 Å². The van der Waals surface area contributed by atoms with Crippen LogP contribution >= 0.6 is 0 Å². The van der Waals surface area contributed by atoms with Gasteiger partial charge in [-0.3, -0.25) is 9.56 Å². The van der Waals surface area contributed by atoms with Crippen LogP contribution in [-0.2, 0) is 0 Å². The van der Waals surface area contributed by atoms with E-state index >= 15 is 0 Å². The van der Waals surface area contributed by atoms with Crippen molar-refractivity contribution < 1.29 is 0 Å². The fourth-order valence-corrected chi connectivity index (χ4v) is 2.59. The number of aliphatic imine (C=N–C) groups is 1. The van der Waals surface area contributed by atoms with Gasteiger partial charge in [-0.25, -0.2) is 4.98 Å². The van der Waals surface area contributed by atoms with Crippen LogP contribution in [0.1, 0.15) is 6.42 Å². The third-order valence-electron chi connectivity index (χ3n) is 3.33. The molecule has 0 aliphatic carbocycles. The molecule has 0 atom stereocenters. The highest BCUT2D eigenvalue weighted by Gasteiger charge is 2.28. The summed E-state index contributed by atoms with van der Waals surface area (Å²) >= 11 is 0. The molecule has 0 amide bonds. The molecule has 17 heavy (non-hydrogen) atoms. The van der Waals surface area contributed by atoms with Crippen molar-refractivity contribution in [3.63, 3.8) is 0 Å². The molecule has 4 rings (SSSR count).